The smallest absolute Gasteiger partial charge is 0.325 e. The maximum absolute atomic E-state index is 10.7. The standard InChI is InChI=1S/C13H17NO4/c14-12(13(15)16)9-1-3-10(4-2-9)18-11-5-7-17-8-6-11/h1-4,11-12H,5-8,14H2,(H,15,16). The lowest BCUT2D eigenvalue weighted by Gasteiger charge is -2.23. The average Bonchev–Trinajstić information content (AvgIpc) is 2.40. The van der Waals surface area contributed by atoms with Gasteiger partial charge in [-0.1, -0.05) is 12.1 Å². The van der Waals surface area contributed by atoms with Gasteiger partial charge in [-0.05, 0) is 17.7 Å². The van der Waals surface area contributed by atoms with Crippen molar-refractivity contribution in [3.05, 3.63) is 29.8 Å². The van der Waals surface area contributed by atoms with Crippen LogP contribution in [-0.2, 0) is 9.53 Å². The van der Waals surface area contributed by atoms with Crippen LogP contribution in [0.3, 0.4) is 0 Å². The van der Waals surface area contributed by atoms with Crippen LogP contribution in [0, 0.1) is 0 Å². The molecule has 0 saturated carbocycles. The van der Waals surface area contributed by atoms with Gasteiger partial charge in [0.25, 0.3) is 0 Å². The summed E-state index contributed by atoms with van der Waals surface area (Å²) in [5, 5.41) is 8.80. The molecule has 0 aromatic heterocycles. The summed E-state index contributed by atoms with van der Waals surface area (Å²) in [5.41, 5.74) is 6.09. The van der Waals surface area contributed by atoms with Crippen LogP contribution in [0.25, 0.3) is 0 Å². The van der Waals surface area contributed by atoms with Gasteiger partial charge < -0.3 is 20.3 Å². The van der Waals surface area contributed by atoms with Crippen molar-refractivity contribution >= 4 is 5.97 Å². The molecule has 1 saturated heterocycles. The summed E-state index contributed by atoms with van der Waals surface area (Å²) in [5.74, 6) is -0.295. The first-order valence-electron chi connectivity index (χ1n) is 5.99. The normalized spacial score (nSPS) is 18.3. The minimum atomic E-state index is -1.03. The molecule has 0 amide bonds. The molecule has 0 bridgehead atoms. The summed E-state index contributed by atoms with van der Waals surface area (Å²) in [7, 11) is 0. The van der Waals surface area contributed by atoms with Crippen molar-refractivity contribution in [3.63, 3.8) is 0 Å². The molecule has 98 valence electrons. The van der Waals surface area contributed by atoms with Crippen LogP contribution in [0.1, 0.15) is 24.4 Å². The predicted molar refractivity (Wildman–Crippen MR) is 65.5 cm³/mol. The topological polar surface area (TPSA) is 81.8 Å². The Labute approximate surface area is 106 Å². The molecule has 1 heterocycles. The number of carboxylic acid groups (broad SMARTS) is 1. The molecule has 3 N–H and O–H groups in total. The number of carboxylic acids is 1. The van der Waals surface area contributed by atoms with E-state index in [4.69, 9.17) is 20.3 Å². The third kappa shape index (κ3) is 3.21. The van der Waals surface area contributed by atoms with Gasteiger partial charge in [-0.3, -0.25) is 4.79 Å². The quantitative estimate of drug-likeness (QED) is 0.843. The Hall–Kier alpha value is -1.59. The van der Waals surface area contributed by atoms with E-state index in [2.05, 4.69) is 0 Å². The minimum Gasteiger partial charge on any atom is -0.490 e. The molecule has 1 aliphatic rings. The number of aliphatic carboxylic acids is 1. The van der Waals surface area contributed by atoms with Crippen LogP contribution in [0.15, 0.2) is 24.3 Å². The van der Waals surface area contributed by atoms with Gasteiger partial charge in [0.05, 0.1) is 13.2 Å². The number of rotatable bonds is 4. The summed E-state index contributed by atoms with van der Waals surface area (Å²) in [6.07, 6.45) is 1.95. The van der Waals surface area contributed by atoms with Gasteiger partial charge in [0, 0.05) is 12.8 Å². The average molecular weight is 251 g/mol. The molecule has 1 fully saturated rings. The molecule has 5 nitrogen and oxygen atoms in total. The first-order chi connectivity index (χ1) is 8.66. The molecule has 1 atom stereocenters. The highest BCUT2D eigenvalue weighted by Gasteiger charge is 2.16. The molecule has 1 aromatic carbocycles. The van der Waals surface area contributed by atoms with Crippen molar-refractivity contribution in [1.82, 2.24) is 0 Å². The first kappa shape index (κ1) is 12.9. The van der Waals surface area contributed by atoms with Crippen molar-refractivity contribution in [2.45, 2.75) is 25.0 Å². The number of benzene rings is 1. The minimum absolute atomic E-state index is 0.178. The molecule has 1 unspecified atom stereocenters. The number of nitrogens with two attached hydrogens (primary N) is 1. The van der Waals surface area contributed by atoms with E-state index in [-0.39, 0.29) is 6.10 Å². The SMILES string of the molecule is NC(C(=O)O)c1ccc(OC2CCOCC2)cc1. The molecular weight excluding hydrogens is 234 g/mol. The molecule has 0 spiro atoms. The van der Waals surface area contributed by atoms with E-state index in [1.54, 1.807) is 24.3 Å². The highest BCUT2D eigenvalue weighted by atomic mass is 16.5. The molecule has 1 aliphatic heterocycles. The summed E-state index contributed by atoms with van der Waals surface area (Å²) in [4.78, 5) is 10.7. The zero-order valence-electron chi connectivity index (χ0n) is 10.0. The van der Waals surface area contributed by atoms with Crippen molar-refractivity contribution in [2.24, 2.45) is 5.73 Å². The Morgan fingerprint density at radius 3 is 2.50 bits per heavy atom. The second-order valence-corrected chi connectivity index (χ2v) is 4.31. The lowest BCUT2D eigenvalue weighted by atomic mass is 10.1. The van der Waals surface area contributed by atoms with Gasteiger partial charge in [-0.2, -0.15) is 0 Å². The van der Waals surface area contributed by atoms with Crippen LogP contribution in [0.2, 0.25) is 0 Å². The number of hydrogen-bond donors (Lipinski definition) is 2. The Morgan fingerprint density at radius 1 is 1.33 bits per heavy atom. The number of hydrogen-bond acceptors (Lipinski definition) is 4. The Bertz CT molecular complexity index is 398. The van der Waals surface area contributed by atoms with Gasteiger partial charge in [0.15, 0.2) is 0 Å². The molecule has 5 heteroatoms. The van der Waals surface area contributed by atoms with E-state index in [1.165, 1.54) is 0 Å². The Balaban J connectivity index is 1.96. The van der Waals surface area contributed by atoms with E-state index >= 15 is 0 Å². The first-order valence-corrected chi connectivity index (χ1v) is 5.99. The van der Waals surface area contributed by atoms with Crippen LogP contribution >= 0.6 is 0 Å². The van der Waals surface area contributed by atoms with Gasteiger partial charge in [-0.15, -0.1) is 0 Å². The Kier molecular flexibility index (Phi) is 4.17. The molecule has 18 heavy (non-hydrogen) atoms. The van der Waals surface area contributed by atoms with Gasteiger partial charge in [-0.25, -0.2) is 0 Å². The highest BCUT2D eigenvalue weighted by molar-refractivity contribution is 5.75. The third-order valence-electron chi connectivity index (χ3n) is 2.98. The predicted octanol–water partition coefficient (Wildman–Crippen LogP) is 1.33. The monoisotopic (exact) mass is 251 g/mol. The van der Waals surface area contributed by atoms with Crippen molar-refractivity contribution in [3.8, 4) is 5.75 Å². The number of carbonyl (C=O) groups is 1. The molecule has 0 aliphatic carbocycles. The zero-order chi connectivity index (χ0) is 13.0. The van der Waals surface area contributed by atoms with E-state index in [0.29, 0.717) is 5.56 Å². The van der Waals surface area contributed by atoms with Gasteiger partial charge >= 0.3 is 5.97 Å². The van der Waals surface area contributed by atoms with Crippen LogP contribution in [-0.4, -0.2) is 30.4 Å². The molecular formula is C13H17NO4. The fourth-order valence-electron chi connectivity index (χ4n) is 1.88. The summed E-state index contributed by atoms with van der Waals surface area (Å²) in [6.45, 7) is 1.46. The van der Waals surface area contributed by atoms with Crippen molar-refractivity contribution < 1.29 is 19.4 Å². The number of ether oxygens (including phenoxy) is 2. The Morgan fingerprint density at radius 2 is 1.94 bits per heavy atom. The third-order valence-corrected chi connectivity index (χ3v) is 2.98. The van der Waals surface area contributed by atoms with Crippen LogP contribution in [0.4, 0.5) is 0 Å². The second-order valence-electron chi connectivity index (χ2n) is 4.31. The summed E-state index contributed by atoms with van der Waals surface area (Å²) < 4.78 is 11.0. The molecule has 1 aromatic rings. The lowest BCUT2D eigenvalue weighted by Crippen LogP contribution is -2.26. The van der Waals surface area contributed by atoms with Crippen molar-refractivity contribution in [1.29, 1.82) is 0 Å². The van der Waals surface area contributed by atoms with Crippen LogP contribution < -0.4 is 10.5 Å². The maximum Gasteiger partial charge on any atom is 0.325 e. The van der Waals surface area contributed by atoms with Crippen LogP contribution in [0.5, 0.6) is 5.75 Å². The lowest BCUT2D eigenvalue weighted by molar-refractivity contribution is -0.138. The fourth-order valence-corrected chi connectivity index (χ4v) is 1.88. The van der Waals surface area contributed by atoms with Gasteiger partial charge in [0.1, 0.15) is 17.9 Å². The van der Waals surface area contributed by atoms with E-state index in [9.17, 15) is 4.79 Å². The maximum atomic E-state index is 10.7. The molecule has 0 radical (unpaired) electrons. The largest absolute Gasteiger partial charge is 0.490 e. The van der Waals surface area contributed by atoms with E-state index < -0.39 is 12.0 Å². The second kappa shape index (κ2) is 5.84. The van der Waals surface area contributed by atoms with E-state index in [1.807, 2.05) is 0 Å². The summed E-state index contributed by atoms with van der Waals surface area (Å²) in [6, 6.07) is 5.91. The zero-order valence-corrected chi connectivity index (χ0v) is 10.0. The van der Waals surface area contributed by atoms with Crippen molar-refractivity contribution in [2.75, 3.05) is 13.2 Å². The van der Waals surface area contributed by atoms with Gasteiger partial charge in [0.2, 0.25) is 0 Å². The summed E-state index contributed by atoms with van der Waals surface area (Å²) >= 11 is 0. The molecule has 2 rings (SSSR count). The fraction of sp³-hybridized carbons (Fsp3) is 0.462. The van der Waals surface area contributed by atoms with E-state index in [0.717, 1.165) is 31.8 Å². The highest BCUT2D eigenvalue weighted by Crippen LogP contribution is 2.20.